The summed E-state index contributed by atoms with van der Waals surface area (Å²) in [5.41, 5.74) is 3.02. The maximum absolute atomic E-state index is 13.6. The van der Waals surface area contributed by atoms with Crippen molar-refractivity contribution in [2.75, 3.05) is 4.31 Å². The molecule has 4 rings (SSSR count). The fourth-order valence-electron chi connectivity index (χ4n) is 3.89. The summed E-state index contributed by atoms with van der Waals surface area (Å²) in [6.07, 6.45) is -3.64. The fraction of sp³-hybridized carbons (Fsp3) is 0.103. The van der Waals surface area contributed by atoms with Gasteiger partial charge in [0.15, 0.2) is 0 Å². The summed E-state index contributed by atoms with van der Waals surface area (Å²) in [7, 11) is -3.97. The lowest BCUT2D eigenvalue weighted by molar-refractivity contribution is -0.137. The van der Waals surface area contributed by atoms with Crippen LogP contribution >= 0.6 is 11.6 Å². The van der Waals surface area contributed by atoms with Gasteiger partial charge in [-0.15, -0.1) is 0 Å². The zero-order valence-corrected chi connectivity index (χ0v) is 22.6. The van der Waals surface area contributed by atoms with Gasteiger partial charge in [0.1, 0.15) is 0 Å². The Hall–Kier alpha value is -4.15. The number of hydrogen-bond acceptors (Lipinski definition) is 4. The van der Waals surface area contributed by atoms with Crippen molar-refractivity contribution in [3.05, 3.63) is 130 Å². The molecule has 1 amide bonds. The number of nitrogens with one attached hydrogen (secondary N) is 1. The van der Waals surface area contributed by atoms with Crippen molar-refractivity contribution < 1.29 is 26.4 Å². The molecule has 1 N–H and O–H groups in total. The second-order valence-corrected chi connectivity index (χ2v) is 11.0. The van der Waals surface area contributed by atoms with Crippen LogP contribution in [0.3, 0.4) is 0 Å². The number of hydrogen-bond donors (Lipinski definition) is 1. The Morgan fingerprint density at radius 3 is 2.27 bits per heavy atom. The summed E-state index contributed by atoms with van der Waals surface area (Å²) < 4.78 is 68.0. The highest BCUT2D eigenvalue weighted by molar-refractivity contribution is 7.92. The number of nitrogens with zero attached hydrogens (tertiary/aromatic N) is 2. The number of rotatable bonds is 8. The third-order valence-corrected chi connectivity index (χ3v) is 7.96. The van der Waals surface area contributed by atoms with Crippen LogP contribution in [0, 0.1) is 6.92 Å². The Bertz CT molecular complexity index is 1640. The Kier molecular flexibility index (Phi) is 8.61. The van der Waals surface area contributed by atoms with Gasteiger partial charge in [-0.05, 0) is 60.5 Å². The van der Waals surface area contributed by atoms with Gasteiger partial charge in [-0.25, -0.2) is 13.8 Å². The molecule has 0 saturated carbocycles. The number of aryl methyl sites for hydroxylation is 1. The fourth-order valence-corrected chi connectivity index (χ4v) is 5.59. The predicted molar refractivity (Wildman–Crippen MR) is 149 cm³/mol. The van der Waals surface area contributed by atoms with E-state index in [1.807, 2.05) is 0 Å². The van der Waals surface area contributed by atoms with Crippen LogP contribution in [-0.2, 0) is 22.7 Å². The van der Waals surface area contributed by atoms with Gasteiger partial charge in [-0.2, -0.15) is 18.3 Å². The van der Waals surface area contributed by atoms with Gasteiger partial charge in [-0.1, -0.05) is 66.2 Å². The number of sulfonamides is 1. The average molecular weight is 586 g/mol. The normalized spacial score (nSPS) is 11.9. The Morgan fingerprint density at radius 1 is 0.950 bits per heavy atom. The van der Waals surface area contributed by atoms with Crippen molar-refractivity contribution in [2.24, 2.45) is 5.10 Å². The molecule has 0 radical (unpaired) electrons. The standard InChI is InChI=1S/C29H23ClF3N3O3S/c1-20-11-16-24(30)17-27(20)36(40(38,39)25-8-3-2-4-9-25)19-21-12-14-22(15-13-21)28(37)35-34-18-23-7-5-6-10-26(23)29(31,32)33/h2-18H,19H2,1H3,(H,35,37)/b34-18-. The summed E-state index contributed by atoms with van der Waals surface area (Å²) in [5, 5.41) is 4.04. The summed E-state index contributed by atoms with van der Waals surface area (Å²) in [4.78, 5) is 12.6. The highest BCUT2D eigenvalue weighted by Gasteiger charge is 2.32. The molecule has 11 heteroatoms. The van der Waals surface area contributed by atoms with E-state index in [9.17, 15) is 26.4 Å². The molecule has 6 nitrogen and oxygen atoms in total. The van der Waals surface area contributed by atoms with Crippen molar-refractivity contribution in [1.82, 2.24) is 5.43 Å². The van der Waals surface area contributed by atoms with Crippen molar-refractivity contribution in [3.63, 3.8) is 0 Å². The van der Waals surface area contributed by atoms with Crippen LogP contribution in [0.25, 0.3) is 0 Å². The predicted octanol–water partition coefficient (Wildman–Crippen LogP) is 6.83. The van der Waals surface area contributed by atoms with Gasteiger partial charge >= 0.3 is 6.18 Å². The average Bonchev–Trinajstić information content (AvgIpc) is 2.93. The van der Waals surface area contributed by atoms with Gasteiger partial charge in [0.25, 0.3) is 15.9 Å². The molecule has 206 valence electrons. The Labute approximate surface area is 234 Å². The molecule has 0 saturated heterocycles. The van der Waals surface area contributed by atoms with E-state index in [1.54, 1.807) is 55.5 Å². The second-order valence-electron chi connectivity index (χ2n) is 8.74. The molecule has 4 aromatic rings. The number of amides is 1. The lowest BCUT2D eigenvalue weighted by Crippen LogP contribution is -2.31. The molecule has 0 aromatic heterocycles. The first-order chi connectivity index (χ1) is 19.0. The zero-order chi connectivity index (χ0) is 28.9. The zero-order valence-electron chi connectivity index (χ0n) is 21.1. The van der Waals surface area contributed by atoms with E-state index in [4.69, 9.17) is 11.6 Å². The molecular formula is C29H23ClF3N3O3S. The first-order valence-corrected chi connectivity index (χ1v) is 13.7. The van der Waals surface area contributed by atoms with Crippen LogP contribution in [0.4, 0.5) is 18.9 Å². The molecule has 0 spiro atoms. The molecule has 0 aliphatic rings. The van der Waals surface area contributed by atoms with Gasteiger partial charge < -0.3 is 0 Å². The molecule has 0 aliphatic heterocycles. The highest BCUT2D eigenvalue weighted by atomic mass is 35.5. The monoisotopic (exact) mass is 585 g/mol. The molecule has 0 bridgehead atoms. The topological polar surface area (TPSA) is 78.8 Å². The number of benzene rings is 4. The van der Waals surface area contributed by atoms with E-state index < -0.39 is 27.7 Å². The van der Waals surface area contributed by atoms with Crippen LogP contribution < -0.4 is 9.73 Å². The number of hydrazone groups is 1. The number of alkyl halides is 3. The lowest BCUT2D eigenvalue weighted by atomic mass is 10.1. The van der Waals surface area contributed by atoms with Crippen molar-refractivity contribution in [2.45, 2.75) is 24.5 Å². The highest BCUT2D eigenvalue weighted by Crippen LogP contribution is 2.32. The van der Waals surface area contributed by atoms with Crippen LogP contribution in [0.2, 0.25) is 5.02 Å². The maximum Gasteiger partial charge on any atom is 0.417 e. The SMILES string of the molecule is Cc1ccc(Cl)cc1N(Cc1ccc(C(=O)N/N=C\c2ccccc2C(F)(F)F)cc1)S(=O)(=O)c1ccccc1. The van der Waals surface area contributed by atoms with Crippen LogP contribution in [0.5, 0.6) is 0 Å². The van der Waals surface area contributed by atoms with E-state index >= 15 is 0 Å². The van der Waals surface area contributed by atoms with Crippen molar-refractivity contribution >= 4 is 39.4 Å². The third-order valence-electron chi connectivity index (χ3n) is 5.95. The van der Waals surface area contributed by atoms with Crippen LogP contribution in [0.15, 0.2) is 107 Å². The number of carbonyl (C=O) groups excluding carboxylic acids is 1. The van der Waals surface area contributed by atoms with Gasteiger partial charge in [0.2, 0.25) is 0 Å². The van der Waals surface area contributed by atoms with E-state index in [2.05, 4.69) is 10.5 Å². The van der Waals surface area contributed by atoms with Gasteiger partial charge in [0.05, 0.1) is 28.9 Å². The van der Waals surface area contributed by atoms with Crippen LogP contribution in [-0.4, -0.2) is 20.5 Å². The minimum absolute atomic E-state index is 0.0489. The van der Waals surface area contributed by atoms with E-state index in [0.29, 0.717) is 21.8 Å². The molecule has 0 aliphatic carbocycles. The maximum atomic E-state index is 13.6. The van der Waals surface area contributed by atoms with E-state index in [0.717, 1.165) is 12.3 Å². The lowest BCUT2D eigenvalue weighted by Gasteiger charge is -2.26. The number of halogens is 4. The molecule has 0 heterocycles. The first kappa shape index (κ1) is 28.8. The van der Waals surface area contributed by atoms with Crippen molar-refractivity contribution in [1.29, 1.82) is 0 Å². The molecular weight excluding hydrogens is 563 g/mol. The minimum atomic E-state index is -4.56. The largest absolute Gasteiger partial charge is 0.417 e. The second kappa shape index (κ2) is 11.9. The van der Waals surface area contributed by atoms with Crippen molar-refractivity contribution in [3.8, 4) is 0 Å². The van der Waals surface area contributed by atoms with Gasteiger partial charge in [0, 0.05) is 16.1 Å². The molecule has 0 atom stereocenters. The summed E-state index contributed by atoms with van der Waals surface area (Å²) in [6, 6.07) is 24.0. The smallest absolute Gasteiger partial charge is 0.267 e. The Balaban J connectivity index is 1.55. The molecule has 4 aromatic carbocycles. The van der Waals surface area contributed by atoms with Crippen LogP contribution in [0.1, 0.15) is 32.6 Å². The molecule has 0 fully saturated rings. The molecule has 40 heavy (non-hydrogen) atoms. The first-order valence-electron chi connectivity index (χ1n) is 11.9. The Morgan fingerprint density at radius 2 is 1.60 bits per heavy atom. The summed E-state index contributed by atoms with van der Waals surface area (Å²) in [6.45, 7) is 1.73. The number of anilines is 1. The van der Waals surface area contributed by atoms with E-state index in [1.165, 1.54) is 46.8 Å². The third kappa shape index (κ3) is 6.70. The quantitative estimate of drug-likeness (QED) is 0.182. The number of carbonyl (C=O) groups is 1. The summed E-state index contributed by atoms with van der Waals surface area (Å²) >= 11 is 6.19. The summed E-state index contributed by atoms with van der Waals surface area (Å²) in [5.74, 6) is -0.647. The van der Waals surface area contributed by atoms with E-state index in [-0.39, 0.29) is 22.6 Å². The minimum Gasteiger partial charge on any atom is -0.267 e. The molecule has 0 unspecified atom stereocenters. The van der Waals surface area contributed by atoms with Gasteiger partial charge in [-0.3, -0.25) is 9.10 Å².